The van der Waals surface area contributed by atoms with E-state index < -0.39 is 24.2 Å². The average molecular weight is 557 g/mol. The first-order valence-corrected chi connectivity index (χ1v) is 14.2. The minimum Gasteiger partial charge on any atom is -0.481 e. The summed E-state index contributed by atoms with van der Waals surface area (Å²) in [4.78, 5) is 39.1. The highest BCUT2D eigenvalue weighted by molar-refractivity contribution is 5.87. The van der Waals surface area contributed by atoms with E-state index in [2.05, 4.69) is 29.6 Å². The lowest BCUT2D eigenvalue weighted by Crippen LogP contribution is -2.60. The van der Waals surface area contributed by atoms with Crippen molar-refractivity contribution in [3.05, 3.63) is 95.6 Å². The van der Waals surface area contributed by atoms with Gasteiger partial charge in [-0.05, 0) is 53.5 Å². The molecule has 3 aromatic carbocycles. The minimum atomic E-state index is -0.922. The molecule has 41 heavy (non-hydrogen) atoms. The second-order valence-electron chi connectivity index (χ2n) is 10.8. The van der Waals surface area contributed by atoms with Gasteiger partial charge in [-0.1, -0.05) is 78.9 Å². The van der Waals surface area contributed by atoms with E-state index in [1.807, 2.05) is 54.6 Å². The number of hydrogen-bond donors (Lipinski definition) is 2. The smallest absolute Gasteiger partial charge is 0.407 e. The Morgan fingerprint density at radius 3 is 2.17 bits per heavy atom. The highest BCUT2D eigenvalue weighted by atomic mass is 16.5. The minimum absolute atomic E-state index is 0.0870. The second-order valence-corrected chi connectivity index (χ2v) is 10.8. The van der Waals surface area contributed by atoms with Crippen molar-refractivity contribution < 1.29 is 29.0 Å². The zero-order chi connectivity index (χ0) is 28.8. The first-order chi connectivity index (χ1) is 19.9. The summed E-state index contributed by atoms with van der Waals surface area (Å²) in [5, 5.41) is 11.7. The Labute approximate surface area is 240 Å². The number of alkyl carbamates (subject to hydrolysis) is 1. The zero-order valence-corrected chi connectivity index (χ0v) is 23.2. The highest BCUT2D eigenvalue weighted by Gasteiger charge is 2.38. The Kier molecular flexibility index (Phi) is 8.99. The molecule has 1 saturated heterocycles. The van der Waals surface area contributed by atoms with Crippen LogP contribution >= 0.6 is 0 Å². The molecule has 0 unspecified atom stereocenters. The van der Waals surface area contributed by atoms with Gasteiger partial charge in [-0.15, -0.1) is 0 Å². The third-order valence-electron chi connectivity index (χ3n) is 7.98. The lowest BCUT2D eigenvalue weighted by molar-refractivity contribution is -0.144. The summed E-state index contributed by atoms with van der Waals surface area (Å²) >= 11 is 0. The van der Waals surface area contributed by atoms with Crippen LogP contribution in [-0.2, 0) is 25.7 Å². The van der Waals surface area contributed by atoms with Crippen molar-refractivity contribution in [2.45, 2.75) is 50.9 Å². The molecule has 2 aliphatic rings. The molecule has 2 N–H and O–H groups in total. The van der Waals surface area contributed by atoms with Gasteiger partial charge in [-0.25, -0.2) is 4.79 Å². The molecule has 0 radical (unpaired) electrons. The zero-order valence-electron chi connectivity index (χ0n) is 23.2. The highest BCUT2D eigenvalue weighted by Crippen LogP contribution is 2.44. The van der Waals surface area contributed by atoms with Crippen molar-refractivity contribution >= 4 is 18.0 Å². The number of ether oxygens (including phenoxy) is 2. The number of nitrogens with zero attached hydrogens (tertiary/aromatic N) is 1. The topological polar surface area (TPSA) is 105 Å². The summed E-state index contributed by atoms with van der Waals surface area (Å²) in [5.74, 6) is -0.868. The molecule has 3 aromatic rings. The van der Waals surface area contributed by atoms with Crippen LogP contribution in [0.3, 0.4) is 0 Å². The van der Waals surface area contributed by atoms with Crippen LogP contribution in [0.4, 0.5) is 4.79 Å². The summed E-state index contributed by atoms with van der Waals surface area (Å²) < 4.78 is 11.8. The van der Waals surface area contributed by atoms with Gasteiger partial charge >= 0.3 is 12.1 Å². The van der Waals surface area contributed by atoms with Crippen LogP contribution in [-0.4, -0.2) is 59.8 Å². The van der Waals surface area contributed by atoms with E-state index in [-0.39, 0.29) is 30.8 Å². The Morgan fingerprint density at radius 2 is 1.54 bits per heavy atom. The van der Waals surface area contributed by atoms with Gasteiger partial charge in [0, 0.05) is 25.4 Å². The monoisotopic (exact) mass is 556 g/mol. The molecular weight excluding hydrogens is 520 g/mol. The fourth-order valence-corrected chi connectivity index (χ4v) is 5.72. The van der Waals surface area contributed by atoms with Gasteiger partial charge in [0.15, 0.2) is 0 Å². The first-order valence-electron chi connectivity index (χ1n) is 14.2. The van der Waals surface area contributed by atoms with Gasteiger partial charge in [0.05, 0.1) is 12.7 Å². The SMILES string of the molecule is C[C@H](OCc1ccccc1)[C@@H](NC(=O)OCC1c2ccccc2-c2ccccc21)C(=O)N1CC(CCCC(=O)O)C1. The predicted molar refractivity (Wildman–Crippen MR) is 154 cm³/mol. The summed E-state index contributed by atoms with van der Waals surface area (Å²) in [6.45, 7) is 3.30. The van der Waals surface area contributed by atoms with Crippen molar-refractivity contribution in [2.24, 2.45) is 5.92 Å². The van der Waals surface area contributed by atoms with Crippen molar-refractivity contribution in [3.8, 4) is 11.1 Å². The summed E-state index contributed by atoms with van der Waals surface area (Å²) in [5.41, 5.74) is 5.48. The Bertz CT molecular complexity index is 1330. The molecule has 2 amide bonds. The molecule has 0 spiro atoms. The Balaban J connectivity index is 1.22. The van der Waals surface area contributed by atoms with E-state index >= 15 is 0 Å². The van der Waals surface area contributed by atoms with Crippen LogP contribution in [0.15, 0.2) is 78.9 Å². The number of carbonyl (C=O) groups excluding carboxylic acids is 2. The van der Waals surface area contributed by atoms with E-state index in [0.717, 1.165) is 34.2 Å². The lowest BCUT2D eigenvalue weighted by Gasteiger charge is -2.42. The molecule has 0 aromatic heterocycles. The molecule has 8 nitrogen and oxygen atoms in total. The van der Waals surface area contributed by atoms with Gasteiger partial charge in [0.1, 0.15) is 12.6 Å². The number of carbonyl (C=O) groups is 3. The molecule has 214 valence electrons. The van der Waals surface area contributed by atoms with Crippen molar-refractivity contribution in [2.75, 3.05) is 19.7 Å². The molecule has 5 rings (SSSR count). The van der Waals surface area contributed by atoms with E-state index in [0.29, 0.717) is 26.1 Å². The first kappa shape index (κ1) is 28.4. The number of carboxylic acid groups (broad SMARTS) is 1. The Hall–Kier alpha value is -4.17. The number of hydrogen-bond acceptors (Lipinski definition) is 5. The van der Waals surface area contributed by atoms with Crippen LogP contribution in [0.1, 0.15) is 48.8 Å². The molecule has 2 atom stereocenters. The predicted octanol–water partition coefficient (Wildman–Crippen LogP) is 5.21. The van der Waals surface area contributed by atoms with Crippen LogP contribution in [0.25, 0.3) is 11.1 Å². The molecule has 1 aliphatic carbocycles. The second kappa shape index (κ2) is 13.0. The number of likely N-dealkylation sites (tertiary alicyclic amines) is 1. The van der Waals surface area contributed by atoms with Gasteiger partial charge < -0.3 is 24.8 Å². The molecule has 1 fully saturated rings. The summed E-state index contributed by atoms with van der Waals surface area (Å²) in [6, 6.07) is 25.0. The van der Waals surface area contributed by atoms with Gasteiger partial charge in [0.2, 0.25) is 5.91 Å². The number of rotatable bonds is 12. The molecule has 8 heteroatoms. The van der Waals surface area contributed by atoms with Gasteiger partial charge in [0.25, 0.3) is 0 Å². The van der Waals surface area contributed by atoms with Crippen molar-refractivity contribution in [1.29, 1.82) is 0 Å². The summed E-state index contributed by atoms with van der Waals surface area (Å²) in [6.07, 6.45) is 0.190. The number of fused-ring (bicyclic) bond motifs is 3. The largest absolute Gasteiger partial charge is 0.481 e. The molecule has 1 heterocycles. The normalized spacial score (nSPS) is 15.8. The number of benzene rings is 3. The number of nitrogens with one attached hydrogen (secondary N) is 1. The Morgan fingerprint density at radius 1 is 0.927 bits per heavy atom. The fraction of sp³-hybridized carbons (Fsp3) is 0.364. The number of aliphatic carboxylic acids is 1. The van der Waals surface area contributed by atoms with Crippen molar-refractivity contribution in [1.82, 2.24) is 10.2 Å². The summed E-state index contributed by atoms with van der Waals surface area (Å²) in [7, 11) is 0. The van der Waals surface area contributed by atoms with Gasteiger partial charge in [-0.2, -0.15) is 0 Å². The van der Waals surface area contributed by atoms with Gasteiger partial charge in [-0.3, -0.25) is 9.59 Å². The number of carboxylic acids is 1. The molecular formula is C33H36N2O6. The van der Waals surface area contributed by atoms with E-state index in [1.165, 1.54) is 0 Å². The molecule has 0 bridgehead atoms. The third kappa shape index (κ3) is 6.77. The van der Waals surface area contributed by atoms with Crippen LogP contribution in [0.2, 0.25) is 0 Å². The maximum Gasteiger partial charge on any atom is 0.407 e. The van der Waals surface area contributed by atoms with E-state index in [9.17, 15) is 14.4 Å². The third-order valence-corrected chi connectivity index (χ3v) is 7.98. The van der Waals surface area contributed by atoms with Crippen LogP contribution in [0.5, 0.6) is 0 Å². The average Bonchev–Trinajstić information content (AvgIpc) is 3.28. The van der Waals surface area contributed by atoms with Crippen molar-refractivity contribution in [3.63, 3.8) is 0 Å². The van der Waals surface area contributed by atoms with E-state index in [1.54, 1.807) is 11.8 Å². The molecule has 0 saturated carbocycles. The number of amides is 2. The van der Waals surface area contributed by atoms with Crippen LogP contribution < -0.4 is 5.32 Å². The van der Waals surface area contributed by atoms with E-state index in [4.69, 9.17) is 14.6 Å². The quantitative estimate of drug-likeness (QED) is 0.317. The maximum atomic E-state index is 13.5. The standard InChI is InChI=1S/C33H36N2O6/c1-22(40-20-23-10-3-2-4-11-23)31(32(38)35-18-24(19-35)12-9-17-30(36)37)34-33(39)41-21-29-27-15-7-5-13-25(27)26-14-6-8-16-28(26)29/h2-8,10-11,13-16,22,24,29,31H,9,12,17-21H2,1H3,(H,34,39)(H,36,37)/t22-,31+/m0/s1. The lowest BCUT2D eigenvalue weighted by atomic mass is 9.92. The fourth-order valence-electron chi connectivity index (χ4n) is 5.72. The maximum absolute atomic E-state index is 13.5. The van der Waals surface area contributed by atoms with Crippen LogP contribution in [0, 0.1) is 5.92 Å². The molecule has 1 aliphatic heterocycles.